The number of furan rings is 1. The minimum absolute atomic E-state index is 0.180. The van der Waals surface area contributed by atoms with E-state index < -0.39 is 5.76 Å². The van der Waals surface area contributed by atoms with Gasteiger partial charge in [0.25, 0.3) is 5.76 Å². The molecular formula is C10H12F2N4OS. The van der Waals surface area contributed by atoms with E-state index in [1.165, 1.54) is 6.33 Å². The predicted octanol–water partition coefficient (Wildman–Crippen LogP) is 2.14. The monoisotopic (exact) mass is 274 g/mol. The molecule has 0 saturated heterocycles. The number of halogens is 2. The Bertz CT molecular complexity index is 460. The molecule has 2 N–H and O–H groups in total. The fraction of sp³-hybridized carbons (Fsp3) is 0.400. The van der Waals surface area contributed by atoms with Crippen LogP contribution in [0.5, 0.6) is 0 Å². The zero-order valence-corrected chi connectivity index (χ0v) is 10.2. The molecule has 2 aromatic rings. The van der Waals surface area contributed by atoms with Crippen LogP contribution >= 0.6 is 11.8 Å². The Morgan fingerprint density at radius 3 is 2.89 bits per heavy atom. The average molecular weight is 274 g/mol. The number of aromatic amines is 1. The molecule has 0 aromatic carbocycles. The predicted molar refractivity (Wildman–Crippen MR) is 62.9 cm³/mol. The lowest BCUT2D eigenvalue weighted by Crippen LogP contribution is -2.13. The highest BCUT2D eigenvalue weighted by Gasteiger charge is 2.07. The van der Waals surface area contributed by atoms with Gasteiger partial charge in [-0.2, -0.15) is 13.9 Å². The van der Waals surface area contributed by atoms with Crippen molar-refractivity contribution in [3.63, 3.8) is 0 Å². The SMILES string of the molecule is FC(F)SCc1ccc(CNCc2ncn[nH]2)o1. The topological polar surface area (TPSA) is 66.7 Å². The van der Waals surface area contributed by atoms with Gasteiger partial charge in [-0.25, -0.2) is 4.98 Å². The van der Waals surface area contributed by atoms with E-state index in [0.29, 0.717) is 36.4 Å². The van der Waals surface area contributed by atoms with E-state index in [9.17, 15) is 8.78 Å². The average Bonchev–Trinajstić information content (AvgIpc) is 2.97. The highest BCUT2D eigenvalue weighted by Crippen LogP contribution is 2.21. The van der Waals surface area contributed by atoms with Crippen molar-refractivity contribution in [2.24, 2.45) is 0 Å². The van der Waals surface area contributed by atoms with Crippen LogP contribution in [0.1, 0.15) is 17.3 Å². The first-order chi connectivity index (χ1) is 8.74. The second kappa shape index (κ2) is 6.50. The van der Waals surface area contributed by atoms with Crippen LogP contribution in [0.2, 0.25) is 0 Å². The van der Waals surface area contributed by atoms with Gasteiger partial charge in [0.2, 0.25) is 0 Å². The Labute approximate surface area is 106 Å². The maximum Gasteiger partial charge on any atom is 0.284 e. The number of hydrogen-bond acceptors (Lipinski definition) is 5. The van der Waals surface area contributed by atoms with Crippen molar-refractivity contribution in [1.82, 2.24) is 20.5 Å². The van der Waals surface area contributed by atoms with Crippen molar-refractivity contribution in [1.29, 1.82) is 0 Å². The van der Waals surface area contributed by atoms with Gasteiger partial charge < -0.3 is 9.73 Å². The van der Waals surface area contributed by atoms with E-state index in [-0.39, 0.29) is 5.75 Å². The molecular weight excluding hydrogens is 262 g/mol. The standard InChI is InChI=1S/C10H12F2N4OS/c11-10(12)18-5-8-2-1-7(17-8)3-13-4-9-14-6-15-16-9/h1-2,6,10,13H,3-5H2,(H,14,15,16). The number of nitrogens with zero attached hydrogens (tertiary/aromatic N) is 2. The van der Waals surface area contributed by atoms with Crippen molar-refractivity contribution >= 4 is 11.8 Å². The Kier molecular flexibility index (Phi) is 4.71. The highest BCUT2D eigenvalue weighted by atomic mass is 32.2. The molecule has 18 heavy (non-hydrogen) atoms. The van der Waals surface area contributed by atoms with E-state index in [4.69, 9.17) is 4.42 Å². The van der Waals surface area contributed by atoms with Crippen LogP contribution in [-0.2, 0) is 18.8 Å². The smallest absolute Gasteiger partial charge is 0.284 e. The summed E-state index contributed by atoms with van der Waals surface area (Å²) < 4.78 is 29.3. The Morgan fingerprint density at radius 1 is 1.33 bits per heavy atom. The molecule has 8 heteroatoms. The zero-order chi connectivity index (χ0) is 12.8. The molecule has 5 nitrogen and oxygen atoms in total. The summed E-state index contributed by atoms with van der Waals surface area (Å²) in [6, 6.07) is 3.48. The molecule has 0 fully saturated rings. The lowest BCUT2D eigenvalue weighted by Gasteiger charge is -1.99. The van der Waals surface area contributed by atoms with Gasteiger partial charge in [0.05, 0.1) is 18.8 Å². The molecule has 0 bridgehead atoms. The van der Waals surface area contributed by atoms with Crippen LogP contribution in [0, 0.1) is 0 Å². The van der Waals surface area contributed by atoms with E-state index in [1.54, 1.807) is 12.1 Å². The number of hydrogen-bond donors (Lipinski definition) is 2. The summed E-state index contributed by atoms with van der Waals surface area (Å²) in [6.07, 6.45) is 1.43. The maximum absolute atomic E-state index is 12.0. The molecule has 0 radical (unpaired) electrons. The Hall–Kier alpha value is -1.41. The number of rotatable bonds is 7. The number of thioether (sulfide) groups is 1. The van der Waals surface area contributed by atoms with Gasteiger partial charge in [0.15, 0.2) is 0 Å². The van der Waals surface area contributed by atoms with Gasteiger partial charge in [-0.05, 0) is 12.1 Å². The molecule has 0 saturated carbocycles. The lowest BCUT2D eigenvalue weighted by molar-refractivity contribution is 0.251. The normalized spacial score (nSPS) is 11.3. The van der Waals surface area contributed by atoms with Gasteiger partial charge in [0.1, 0.15) is 23.7 Å². The third-order valence-corrected chi connectivity index (χ3v) is 2.83. The van der Waals surface area contributed by atoms with Gasteiger partial charge in [-0.3, -0.25) is 5.10 Å². The summed E-state index contributed by atoms with van der Waals surface area (Å²) in [6.45, 7) is 1.06. The van der Waals surface area contributed by atoms with Crippen LogP contribution < -0.4 is 5.32 Å². The largest absolute Gasteiger partial charge is 0.464 e. The molecule has 98 valence electrons. The second-order valence-electron chi connectivity index (χ2n) is 3.48. The molecule has 0 amide bonds. The first-order valence-electron chi connectivity index (χ1n) is 5.26. The molecule has 0 aliphatic heterocycles. The summed E-state index contributed by atoms with van der Waals surface area (Å²) in [5.41, 5.74) is 0. The first kappa shape index (κ1) is 13.0. The summed E-state index contributed by atoms with van der Waals surface area (Å²) in [5.74, 6) is -0.200. The number of alkyl halides is 2. The fourth-order valence-electron chi connectivity index (χ4n) is 1.36. The Balaban J connectivity index is 1.73. The molecule has 0 atom stereocenters. The quantitative estimate of drug-likeness (QED) is 0.809. The van der Waals surface area contributed by atoms with Crippen molar-refractivity contribution in [3.05, 3.63) is 35.8 Å². The molecule has 0 aliphatic carbocycles. The number of aromatic nitrogens is 3. The van der Waals surface area contributed by atoms with Gasteiger partial charge in [-0.1, -0.05) is 11.8 Å². The minimum atomic E-state index is -2.37. The first-order valence-corrected chi connectivity index (χ1v) is 6.31. The third kappa shape index (κ3) is 4.11. The zero-order valence-electron chi connectivity index (χ0n) is 9.40. The molecule has 0 spiro atoms. The maximum atomic E-state index is 12.0. The number of nitrogens with one attached hydrogen (secondary N) is 2. The third-order valence-electron chi connectivity index (χ3n) is 2.13. The summed E-state index contributed by atoms with van der Waals surface area (Å²) >= 11 is 0.549. The van der Waals surface area contributed by atoms with Crippen LogP contribution in [-0.4, -0.2) is 20.9 Å². The molecule has 2 heterocycles. The fourth-order valence-corrected chi connectivity index (χ4v) is 1.81. The minimum Gasteiger partial charge on any atom is -0.464 e. The second-order valence-corrected chi connectivity index (χ2v) is 4.45. The van der Waals surface area contributed by atoms with Crippen LogP contribution in [0.4, 0.5) is 8.78 Å². The van der Waals surface area contributed by atoms with E-state index in [0.717, 1.165) is 5.82 Å². The summed E-state index contributed by atoms with van der Waals surface area (Å²) in [7, 11) is 0. The van der Waals surface area contributed by atoms with Crippen LogP contribution in [0.3, 0.4) is 0 Å². The Morgan fingerprint density at radius 2 is 2.17 bits per heavy atom. The highest BCUT2D eigenvalue weighted by molar-refractivity contribution is 7.98. The van der Waals surface area contributed by atoms with E-state index in [1.807, 2.05) is 0 Å². The van der Waals surface area contributed by atoms with Gasteiger partial charge in [0, 0.05) is 0 Å². The molecule has 0 unspecified atom stereocenters. The van der Waals surface area contributed by atoms with Gasteiger partial charge >= 0.3 is 0 Å². The van der Waals surface area contributed by atoms with E-state index >= 15 is 0 Å². The van der Waals surface area contributed by atoms with Gasteiger partial charge in [-0.15, -0.1) is 0 Å². The van der Waals surface area contributed by atoms with E-state index in [2.05, 4.69) is 20.5 Å². The summed E-state index contributed by atoms with van der Waals surface area (Å²) in [4.78, 5) is 3.96. The molecule has 2 aromatic heterocycles. The molecule has 0 aliphatic rings. The van der Waals surface area contributed by atoms with Crippen molar-refractivity contribution < 1.29 is 13.2 Å². The molecule has 2 rings (SSSR count). The summed E-state index contributed by atoms with van der Waals surface area (Å²) in [5, 5.41) is 9.54. The number of H-pyrrole nitrogens is 1. The van der Waals surface area contributed by atoms with Crippen LogP contribution in [0.25, 0.3) is 0 Å². The lowest BCUT2D eigenvalue weighted by atomic mass is 10.4. The van der Waals surface area contributed by atoms with Crippen molar-refractivity contribution in [2.45, 2.75) is 24.6 Å². The van der Waals surface area contributed by atoms with Crippen LogP contribution in [0.15, 0.2) is 22.9 Å². The van der Waals surface area contributed by atoms with Crippen molar-refractivity contribution in [3.8, 4) is 0 Å². The van der Waals surface area contributed by atoms with Crippen molar-refractivity contribution in [2.75, 3.05) is 0 Å².